The summed E-state index contributed by atoms with van der Waals surface area (Å²) in [5, 5.41) is 17.2. The number of para-hydroxylation sites is 2. The lowest BCUT2D eigenvalue weighted by Gasteiger charge is -2.19. The van der Waals surface area contributed by atoms with E-state index in [0.29, 0.717) is 18.9 Å². The molecule has 14 nitrogen and oxygen atoms in total. The van der Waals surface area contributed by atoms with Gasteiger partial charge in [-0.3, -0.25) is 14.5 Å². The SMILES string of the molecule is CC(C)(C)c1ccc(COC(=O)NC(CNC(=O)CN2C(=O)CN(CCCNc3nc4ccccc4[nH]3)C2=O)C(=O)O)cc1. The van der Waals surface area contributed by atoms with Gasteiger partial charge in [0.25, 0.3) is 5.91 Å². The van der Waals surface area contributed by atoms with Gasteiger partial charge >= 0.3 is 18.1 Å². The number of alkyl carbamates (subject to hydrolysis) is 1. The molecule has 1 aliphatic heterocycles. The quantitative estimate of drug-likeness (QED) is 0.144. The molecule has 234 valence electrons. The zero-order valence-corrected chi connectivity index (χ0v) is 24.9. The first-order chi connectivity index (χ1) is 20.9. The number of amides is 5. The third kappa shape index (κ3) is 8.46. The molecule has 44 heavy (non-hydrogen) atoms. The monoisotopic (exact) mass is 607 g/mol. The molecule has 1 aliphatic rings. The summed E-state index contributed by atoms with van der Waals surface area (Å²) in [5.41, 5.74) is 3.54. The highest BCUT2D eigenvalue weighted by Crippen LogP contribution is 2.22. The molecule has 5 amide bonds. The zero-order valence-electron chi connectivity index (χ0n) is 24.9. The fourth-order valence-corrected chi connectivity index (χ4v) is 4.49. The first-order valence-electron chi connectivity index (χ1n) is 14.2. The van der Waals surface area contributed by atoms with Gasteiger partial charge in [-0.1, -0.05) is 57.2 Å². The molecular weight excluding hydrogens is 570 g/mol. The van der Waals surface area contributed by atoms with E-state index in [1.807, 2.05) is 48.5 Å². The maximum Gasteiger partial charge on any atom is 0.408 e. The first-order valence-corrected chi connectivity index (χ1v) is 14.2. The number of fused-ring (bicyclic) bond motifs is 1. The number of carbonyl (C=O) groups is 5. The molecule has 14 heteroatoms. The van der Waals surface area contributed by atoms with E-state index in [1.165, 1.54) is 4.90 Å². The highest BCUT2D eigenvalue weighted by Gasteiger charge is 2.37. The van der Waals surface area contributed by atoms with Gasteiger partial charge in [0, 0.05) is 19.6 Å². The van der Waals surface area contributed by atoms with E-state index in [4.69, 9.17) is 4.74 Å². The number of imidazole rings is 1. The van der Waals surface area contributed by atoms with Gasteiger partial charge in [-0.05, 0) is 35.1 Å². The molecular formula is C30H37N7O7. The zero-order chi connectivity index (χ0) is 31.9. The summed E-state index contributed by atoms with van der Waals surface area (Å²) >= 11 is 0. The number of hydrogen-bond donors (Lipinski definition) is 5. The Hall–Kier alpha value is -5.14. The van der Waals surface area contributed by atoms with Crippen molar-refractivity contribution in [2.45, 2.75) is 45.3 Å². The van der Waals surface area contributed by atoms with Crippen molar-refractivity contribution < 1.29 is 33.8 Å². The van der Waals surface area contributed by atoms with Crippen LogP contribution >= 0.6 is 0 Å². The van der Waals surface area contributed by atoms with Crippen LogP contribution in [-0.4, -0.2) is 93.5 Å². The summed E-state index contributed by atoms with van der Waals surface area (Å²) in [6.45, 7) is 5.73. The van der Waals surface area contributed by atoms with Gasteiger partial charge in [-0.15, -0.1) is 0 Å². The third-order valence-corrected chi connectivity index (χ3v) is 7.00. The minimum atomic E-state index is -1.49. The second kappa shape index (κ2) is 13.9. The van der Waals surface area contributed by atoms with Gasteiger partial charge in [-0.25, -0.2) is 19.4 Å². The number of rotatable bonds is 13. The van der Waals surface area contributed by atoms with Crippen LogP contribution in [0.15, 0.2) is 48.5 Å². The van der Waals surface area contributed by atoms with E-state index >= 15 is 0 Å². The number of hydrogen-bond acceptors (Lipinski definition) is 8. The Bertz CT molecular complexity index is 1480. The average Bonchev–Trinajstić information content (AvgIpc) is 3.51. The predicted molar refractivity (Wildman–Crippen MR) is 161 cm³/mol. The molecule has 1 fully saturated rings. The maximum absolute atomic E-state index is 12.7. The molecule has 2 heterocycles. The highest BCUT2D eigenvalue weighted by atomic mass is 16.5. The number of nitrogens with one attached hydrogen (secondary N) is 4. The second-order valence-electron chi connectivity index (χ2n) is 11.4. The summed E-state index contributed by atoms with van der Waals surface area (Å²) in [4.78, 5) is 71.2. The first kappa shape index (κ1) is 31.8. The molecule has 0 spiro atoms. The molecule has 2 aromatic carbocycles. The van der Waals surface area contributed by atoms with Crippen molar-refractivity contribution in [3.63, 3.8) is 0 Å². The molecule has 1 atom stereocenters. The van der Waals surface area contributed by atoms with Crippen LogP contribution in [0.2, 0.25) is 0 Å². The lowest BCUT2D eigenvalue weighted by Crippen LogP contribution is -2.50. The van der Waals surface area contributed by atoms with Crippen LogP contribution in [0.1, 0.15) is 38.3 Å². The summed E-state index contributed by atoms with van der Waals surface area (Å²) in [6, 6.07) is 13.0. The van der Waals surface area contributed by atoms with Gasteiger partial charge < -0.3 is 35.7 Å². The van der Waals surface area contributed by atoms with Crippen molar-refractivity contribution in [3.05, 3.63) is 59.7 Å². The average molecular weight is 608 g/mol. The van der Waals surface area contributed by atoms with Crippen molar-refractivity contribution in [1.29, 1.82) is 0 Å². The number of nitrogens with zero attached hydrogens (tertiary/aromatic N) is 3. The fraction of sp³-hybridized carbons (Fsp3) is 0.400. The second-order valence-corrected chi connectivity index (χ2v) is 11.4. The molecule has 4 rings (SSSR count). The van der Waals surface area contributed by atoms with Crippen LogP contribution < -0.4 is 16.0 Å². The molecule has 0 saturated carbocycles. The van der Waals surface area contributed by atoms with E-state index < -0.39 is 49.0 Å². The number of aliphatic carboxylic acids is 1. The highest BCUT2D eigenvalue weighted by molar-refractivity contribution is 6.04. The number of carboxylic acid groups (broad SMARTS) is 1. The normalized spacial score (nSPS) is 14.1. The van der Waals surface area contributed by atoms with Crippen LogP contribution in [-0.2, 0) is 31.1 Å². The summed E-state index contributed by atoms with van der Waals surface area (Å²) in [5.74, 6) is -2.09. The van der Waals surface area contributed by atoms with Crippen molar-refractivity contribution in [2.75, 3.05) is 38.0 Å². The van der Waals surface area contributed by atoms with Gasteiger partial charge in [0.1, 0.15) is 25.7 Å². The standard InChI is InChI=1S/C30H37N7O7/c1-30(2,3)20-11-9-19(10-12-20)18-44-28(42)35-23(26(40)41)15-32-24(38)16-37-25(39)17-36(29(37)43)14-6-13-31-27-33-21-7-4-5-8-22(21)34-27/h4-5,7-12,23H,6,13-18H2,1-3H3,(H,32,38)(H,35,42)(H,40,41)(H2,31,33,34). The summed E-state index contributed by atoms with van der Waals surface area (Å²) < 4.78 is 5.13. The Morgan fingerprint density at radius 2 is 1.82 bits per heavy atom. The molecule has 0 aliphatic carbocycles. The van der Waals surface area contributed by atoms with Gasteiger partial charge in [0.05, 0.1) is 11.0 Å². The van der Waals surface area contributed by atoms with E-state index in [9.17, 15) is 29.1 Å². The minimum absolute atomic E-state index is 0.0279. The van der Waals surface area contributed by atoms with Crippen LogP contribution in [0.5, 0.6) is 0 Å². The lowest BCUT2D eigenvalue weighted by molar-refractivity contribution is -0.139. The maximum atomic E-state index is 12.7. The smallest absolute Gasteiger partial charge is 0.408 e. The van der Waals surface area contributed by atoms with E-state index in [2.05, 4.69) is 46.7 Å². The van der Waals surface area contributed by atoms with Crippen LogP contribution in [0.25, 0.3) is 11.0 Å². The van der Waals surface area contributed by atoms with E-state index in [0.717, 1.165) is 27.1 Å². The number of aromatic nitrogens is 2. The topological polar surface area (TPSA) is 186 Å². The Labute approximate surface area is 254 Å². The molecule has 3 aromatic rings. The van der Waals surface area contributed by atoms with Gasteiger partial charge in [-0.2, -0.15) is 0 Å². The van der Waals surface area contributed by atoms with Gasteiger partial charge in [0.15, 0.2) is 0 Å². The number of aromatic amines is 1. The van der Waals surface area contributed by atoms with Crippen molar-refractivity contribution in [1.82, 2.24) is 30.4 Å². The largest absolute Gasteiger partial charge is 0.480 e. The summed E-state index contributed by atoms with van der Waals surface area (Å²) in [6.07, 6.45) is -0.442. The number of anilines is 1. The molecule has 0 bridgehead atoms. The number of benzene rings is 2. The molecule has 1 unspecified atom stereocenters. The minimum Gasteiger partial charge on any atom is -0.480 e. The molecule has 0 radical (unpaired) electrons. The Morgan fingerprint density at radius 1 is 1.09 bits per heavy atom. The van der Waals surface area contributed by atoms with Crippen molar-refractivity contribution >= 4 is 46.9 Å². The Kier molecular flexibility index (Phi) is 10.0. The fourth-order valence-electron chi connectivity index (χ4n) is 4.49. The number of urea groups is 1. The molecule has 1 aromatic heterocycles. The molecule has 1 saturated heterocycles. The number of ether oxygens (including phenoxy) is 1. The number of carboxylic acids is 1. The van der Waals surface area contributed by atoms with Crippen molar-refractivity contribution in [3.8, 4) is 0 Å². The van der Waals surface area contributed by atoms with Crippen LogP contribution in [0.3, 0.4) is 0 Å². The van der Waals surface area contributed by atoms with E-state index in [-0.39, 0.29) is 25.1 Å². The van der Waals surface area contributed by atoms with Gasteiger partial charge in [0.2, 0.25) is 11.9 Å². The predicted octanol–water partition coefficient (Wildman–Crippen LogP) is 2.42. The molecule has 5 N–H and O–H groups in total. The number of imide groups is 1. The van der Waals surface area contributed by atoms with Crippen molar-refractivity contribution in [2.24, 2.45) is 0 Å². The number of H-pyrrole nitrogens is 1. The lowest BCUT2D eigenvalue weighted by atomic mass is 9.87. The van der Waals surface area contributed by atoms with E-state index in [1.54, 1.807) is 0 Å². The number of carbonyl (C=O) groups excluding carboxylic acids is 4. The Morgan fingerprint density at radius 3 is 2.50 bits per heavy atom. The van der Waals surface area contributed by atoms with Crippen LogP contribution in [0.4, 0.5) is 15.5 Å². The third-order valence-electron chi connectivity index (χ3n) is 7.00. The Balaban J connectivity index is 1.17. The summed E-state index contributed by atoms with van der Waals surface area (Å²) in [7, 11) is 0. The van der Waals surface area contributed by atoms with Crippen LogP contribution in [0, 0.1) is 0 Å².